The lowest BCUT2D eigenvalue weighted by Crippen LogP contribution is -2.15. The molecule has 1 aromatic rings. The van der Waals surface area contributed by atoms with Gasteiger partial charge in [-0.1, -0.05) is 12.1 Å². The van der Waals surface area contributed by atoms with E-state index < -0.39 is 18.2 Å². The molecule has 0 saturated carbocycles. The Morgan fingerprint density at radius 3 is 1.94 bits per heavy atom. The fourth-order valence-corrected chi connectivity index (χ4v) is 1.37. The molecule has 0 fully saturated rings. The molecule has 0 N–H and O–H groups in total. The summed E-state index contributed by atoms with van der Waals surface area (Å²) >= 11 is 0. The topological polar surface area (TPSA) is 52.6 Å². The maximum absolute atomic E-state index is 10.9. The highest BCUT2D eigenvalue weighted by molar-refractivity contribution is 5.68. The van der Waals surface area contributed by atoms with Crippen LogP contribution in [0.3, 0.4) is 0 Å². The van der Waals surface area contributed by atoms with Gasteiger partial charge >= 0.3 is 11.9 Å². The molecule has 0 aromatic heterocycles. The molecular formula is C13H16O4. The number of esters is 2. The van der Waals surface area contributed by atoms with Crippen LogP contribution in [0.4, 0.5) is 0 Å². The van der Waals surface area contributed by atoms with E-state index in [1.165, 1.54) is 13.8 Å². The maximum atomic E-state index is 10.9. The summed E-state index contributed by atoms with van der Waals surface area (Å²) in [5.74, 6) is -0.982. The van der Waals surface area contributed by atoms with Crippen molar-refractivity contribution in [2.24, 2.45) is 0 Å². The lowest BCUT2D eigenvalue weighted by atomic mass is 10.1. The first-order valence-corrected chi connectivity index (χ1v) is 5.31. The van der Waals surface area contributed by atoms with Crippen LogP contribution in [0.5, 0.6) is 0 Å². The molecule has 0 aliphatic rings. The Morgan fingerprint density at radius 1 is 1.00 bits per heavy atom. The second-order valence-corrected chi connectivity index (χ2v) is 3.89. The number of hydrogen-bond donors (Lipinski definition) is 0. The highest BCUT2D eigenvalue weighted by Crippen LogP contribution is 2.22. The van der Waals surface area contributed by atoms with Gasteiger partial charge in [-0.2, -0.15) is 0 Å². The van der Waals surface area contributed by atoms with Gasteiger partial charge in [-0.25, -0.2) is 0 Å². The zero-order valence-electron chi connectivity index (χ0n) is 10.4. The monoisotopic (exact) mass is 236 g/mol. The van der Waals surface area contributed by atoms with Crippen molar-refractivity contribution in [2.75, 3.05) is 0 Å². The van der Waals surface area contributed by atoms with E-state index in [9.17, 15) is 9.59 Å². The number of carbonyl (C=O) groups is 2. The fourth-order valence-electron chi connectivity index (χ4n) is 1.37. The summed E-state index contributed by atoms with van der Waals surface area (Å²) < 4.78 is 9.92. The molecule has 0 bridgehead atoms. The first-order valence-electron chi connectivity index (χ1n) is 5.31. The average molecular weight is 236 g/mol. The fraction of sp³-hybridized carbons (Fsp3) is 0.385. The summed E-state index contributed by atoms with van der Waals surface area (Å²) in [6, 6.07) is 5.51. The summed E-state index contributed by atoms with van der Waals surface area (Å²) in [4.78, 5) is 21.9. The van der Waals surface area contributed by atoms with Gasteiger partial charge in [-0.15, -0.1) is 0 Å². The molecule has 0 saturated heterocycles. The third-order valence-electron chi connectivity index (χ3n) is 2.35. The molecule has 0 aliphatic carbocycles. The first-order chi connectivity index (χ1) is 7.90. The van der Waals surface area contributed by atoms with Gasteiger partial charge in [0.2, 0.25) is 0 Å². The maximum Gasteiger partial charge on any atom is 0.305 e. The van der Waals surface area contributed by atoms with E-state index in [1.807, 2.05) is 26.0 Å². The zero-order chi connectivity index (χ0) is 13.0. The minimum absolute atomic E-state index is 0.491. The Hall–Kier alpha value is -1.84. The van der Waals surface area contributed by atoms with E-state index in [-0.39, 0.29) is 0 Å². The van der Waals surface area contributed by atoms with Crippen LogP contribution in [0.15, 0.2) is 18.2 Å². The molecule has 1 rings (SSSR count). The van der Waals surface area contributed by atoms with Crippen molar-refractivity contribution >= 4 is 11.9 Å². The molecule has 4 nitrogen and oxygen atoms in total. The predicted molar refractivity (Wildman–Crippen MR) is 62.2 cm³/mol. The Bertz CT molecular complexity index is 421. The van der Waals surface area contributed by atoms with Crippen LogP contribution in [0.25, 0.3) is 0 Å². The normalized spacial score (nSPS) is 10.2. The number of ether oxygens (including phenoxy) is 2. The minimum atomic E-state index is -0.968. The van der Waals surface area contributed by atoms with E-state index in [1.54, 1.807) is 6.07 Å². The van der Waals surface area contributed by atoms with Crippen molar-refractivity contribution in [2.45, 2.75) is 34.0 Å². The van der Waals surface area contributed by atoms with Crippen LogP contribution in [-0.2, 0) is 19.1 Å². The SMILES string of the molecule is CC(=O)OC(OC(C)=O)c1ccc(C)c(C)c1. The van der Waals surface area contributed by atoms with Crippen LogP contribution in [0.2, 0.25) is 0 Å². The smallest absolute Gasteiger partial charge is 0.305 e. The molecule has 0 unspecified atom stereocenters. The van der Waals surface area contributed by atoms with Crippen molar-refractivity contribution in [1.82, 2.24) is 0 Å². The van der Waals surface area contributed by atoms with Gasteiger partial charge < -0.3 is 9.47 Å². The number of aryl methyl sites for hydroxylation is 2. The number of hydrogen-bond acceptors (Lipinski definition) is 4. The molecule has 0 aliphatic heterocycles. The van der Waals surface area contributed by atoms with Crippen LogP contribution < -0.4 is 0 Å². The second-order valence-electron chi connectivity index (χ2n) is 3.89. The quantitative estimate of drug-likeness (QED) is 0.597. The lowest BCUT2D eigenvalue weighted by Gasteiger charge is -2.17. The average Bonchev–Trinajstić information content (AvgIpc) is 2.19. The summed E-state index contributed by atoms with van der Waals surface area (Å²) in [6.45, 7) is 6.47. The highest BCUT2D eigenvalue weighted by Gasteiger charge is 2.18. The minimum Gasteiger partial charge on any atom is -0.421 e. The van der Waals surface area contributed by atoms with Crippen LogP contribution >= 0.6 is 0 Å². The van der Waals surface area contributed by atoms with E-state index in [0.29, 0.717) is 5.56 Å². The van der Waals surface area contributed by atoms with Crippen molar-refractivity contribution < 1.29 is 19.1 Å². The van der Waals surface area contributed by atoms with Crippen molar-refractivity contribution in [3.8, 4) is 0 Å². The van der Waals surface area contributed by atoms with Crippen molar-refractivity contribution in [3.05, 3.63) is 34.9 Å². The van der Waals surface area contributed by atoms with Gasteiger partial charge in [0.25, 0.3) is 6.29 Å². The van der Waals surface area contributed by atoms with Gasteiger partial charge in [0, 0.05) is 19.4 Å². The van der Waals surface area contributed by atoms with Gasteiger partial charge in [0.1, 0.15) is 0 Å². The summed E-state index contributed by atoms with van der Waals surface area (Å²) in [5, 5.41) is 0. The molecule has 1 aromatic carbocycles. The first kappa shape index (κ1) is 13.2. The van der Waals surface area contributed by atoms with E-state index in [0.717, 1.165) is 11.1 Å². The molecule has 0 atom stereocenters. The third kappa shape index (κ3) is 3.90. The highest BCUT2D eigenvalue weighted by atomic mass is 16.7. The van der Waals surface area contributed by atoms with E-state index in [4.69, 9.17) is 9.47 Å². The van der Waals surface area contributed by atoms with Gasteiger partial charge in [-0.3, -0.25) is 9.59 Å². The summed E-state index contributed by atoms with van der Waals surface area (Å²) in [5.41, 5.74) is 2.82. The Kier molecular flexibility index (Phi) is 4.26. The third-order valence-corrected chi connectivity index (χ3v) is 2.35. The Morgan fingerprint density at radius 2 is 1.53 bits per heavy atom. The Balaban J connectivity index is 2.98. The van der Waals surface area contributed by atoms with E-state index >= 15 is 0 Å². The second kappa shape index (κ2) is 5.48. The van der Waals surface area contributed by atoms with Crippen molar-refractivity contribution in [3.63, 3.8) is 0 Å². The number of benzene rings is 1. The molecule has 0 amide bonds. The lowest BCUT2D eigenvalue weighted by molar-refractivity contribution is -0.186. The molecule has 17 heavy (non-hydrogen) atoms. The van der Waals surface area contributed by atoms with Crippen LogP contribution in [0, 0.1) is 13.8 Å². The van der Waals surface area contributed by atoms with Crippen LogP contribution in [0.1, 0.15) is 36.8 Å². The molecule has 0 spiro atoms. The van der Waals surface area contributed by atoms with Gasteiger partial charge in [0.05, 0.1) is 0 Å². The summed E-state index contributed by atoms with van der Waals surface area (Å²) in [6.07, 6.45) is -0.968. The number of carbonyl (C=O) groups excluding carboxylic acids is 2. The van der Waals surface area contributed by atoms with Gasteiger partial charge in [-0.05, 0) is 31.0 Å². The molecule has 0 heterocycles. The largest absolute Gasteiger partial charge is 0.421 e. The molecule has 0 radical (unpaired) electrons. The Labute approximate surface area is 101 Å². The molecular weight excluding hydrogens is 220 g/mol. The van der Waals surface area contributed by atoms with Crippen molar-refractivity contribution in [1.29, 1.82) is 0 Å². The van der Waals surface area contributed by atoms with Gasteiger partial charge in [0.15, 0.2) is 0 Å². The predicted octanol–water partition coefficient (Wildman–Crippen LogP) is 2.43. The number of rotatable bonds is 3. The van der Waals surface area contributed by atoms with E-state index in [2.05, 4.69) is 0 Å². The standard InChI is InChI=1S/C13H16O4/c1-8-5-6-12(7-9(8)2)13(16-10(3)14)17-11(4)15/h5-7,13H,1-4H3. The summed E-state index contributed by atoms with van der Waals surface area (Å²) in [7, 11) is 0. The van der Waals surface area contributed by atoms with Crippen LogP contribution in [-0.4, -0.2) is 11.9 Å². The molecule has 92 valence electrons. The zero-order valence-corrected chi connectivity index (χ0v) is 10.4. The molecule has 4 heteroatoms.